The molecule has 4 rings (SSSR count). The third-order valence-corrected chi connectivity index (χ3v) is 5.18. The van der Waals surface area contributed by atoms with E-state index < -0.39 is 11.2 Å². The number of rotatable bonds is 5. The lowest BCUT2D eigenvalue weighted by Gasteiger charge is -2.14. The number of fused-ring (bicyclic) bond motifs is 1. The molecular weight excluding hydrogens is 409 g/mol. The summed E-state index contributed by atoms with van der Waals surface area (Å²) >= 11 is 0. The van der Waals surface area contributed by atoms with Gasteiger partial charge in [0.2, 0.25) is 11.3 Å². The molecule has 6 nitrogen and oxygen atoms in total. The number of carbonyl (C=O) groups excluding carboxylic acids is 2. The fourth-order valence-corrected chi connectivity index (χ4v) is 3.54. The van der Waals surface area contributed by atoms with E-state index in [1.807, 2.05) is 13.0 Å². The van der Waals surface area contributed by atoms with Crippen LogP contribution in [0.4, 0.5) is 10.1 Å². The Kier molecular flexibility index (Phi) is 5.64. The summed E-state index contributed by atoms with van der Waals surface area (Å²) in [5.41, 5.74) is 2.19. The van der Waals surface area contributed by atoms with Crippen LogP contribution in [0.1, 0.15) is 27.0 Å². The first-order valence-corrected chi connectivity index (χ1v) is 9.98. The smallest absolute Gasteiger partial charge is 0.244 e. The van der Waals surface area contributed by atoms with Crippen LogP contribution in [0.3, 0.4) is 0 Å². The van der Waals surface area contributed by atoms with Crippen LogP contribution < -0.4 is 10.7 Å². The minimum absolute atomic E-state index is 0.0280. The molecule has 2 aromatic carbocycles. The minimum atomic E-state index is -0.441. The van der Waals surface area contributed by atoms with Gasteiger partial charge in [-0.1, -0.05) is 11.6 Å². The fourth-order valence-electron chi connectivity index (χ4n) is 3.54. The van der Waals surface area contributed by atoms with Crippen molar-refractivity contribution in [3.05, 3.63) is 105 Å². The number of halogens is 1. The molecule has 2 aromatic heterocycles. The highest BCUT2D eigenvalue weighted by Gasteiger charge is 2.18. The number of hydrogen-bond acceptors (Lipinski definition) is 4. The van der Waals surface area contributed by atoms with E-state index in [1.54, 1.807) is 29.7 Å². The van der Waals surface area contributed by atoms with Gasteiger partial charge in [-0.05, 0) is 61.9 Å². The third kappa shape index (κ3) is 4.18. The monoisotopic (exact) mass is 429 g/mol. The van der Waals surface area contributed by atoms with E-state index in [-0.39, 0.29) is 23.8 Å². The molecule has 0 bridgehead atoms. The predicted molar refractivity (Wildman–Crippen MR) is 120 cm³/mol. The molecule has 0 saturated carbocycles. The summed E-state index contributed by atoms with van der Waals surface area (Å²) in [6.07, 6.45) is 4.38. The number of carbonyl (C=O) groups is 2. The SMILES string of the molecule is Cc1ccc2c(c1)c(=O)c(C(=O)c1ccncc1)cn2CC(=O)Nc1ccc(F)c(C)c1. The average molecular weight is 429 g/mol. The number of amides is 1. The second kappa shape index (κ2) is 8.55. The standard InChI is InChI=1S/C25H20FN3O3/c1-15-3-6-22-19(11-15)25(32)20(24(31)17-7-9-27-10-8-17)13-29(22)14-23(30)28-18-4-5-21(26)16(2)12-18/h3-13H,14H2,1-2H3,(H,28,30). The Balaban J connectivity index is 1.75. The number of benzene rings is 2. The van der Waals surface area contributed by atoms with Crippen LogP contribution in [-0.2, 0) is 11.3 Å². The van der Waals surface area contributed by atoms with Crippen molar-refractivity contribution >= 4 is 28.3 Å². The number of anilines is 1. The molecule has 1 amide bonds. The second-order valence-electron chi connectivity index (χ2n) is 7.60. The van der Waals surface area contributed by atoms with Gasteiger partial charge in [0, 0.05) is 35.2 Å². The second-order valence-corrected chi connectivity index (χ2v) is 7.60. The maximum absolute atomic E-state index is 13.5. The topological polar surface area (TPSA) is 81.1 Å². The van der Waals surface area contributed by atoms with Crippen LogP contribution >= 0.6 is 0 Å². The van der Waals surface area contributed by atoms with Crippen LogP contribution in [0, 0.1) is 19.7 Å². The Hall–Kier alpha value is -4.13. The molecule has 0 saturated heterocycles. The Morgan fingerprint density at radius 1 is 1.03 bits per heavy atom. The van der Waals surface area contributed by atoms with Crippen LogP contribution in [0.2, 0.25) is 0 Å². The van der Waals surface area contributed by atoms with Gasteiger partial charge in [0.15, 0.2) is 5.78 Å². The first-order valence-electron chi connectivity index (χ1n) is 9.98. The molecule has 1 N–H and O–H groups in total. The van der Waals surface area contributed by atoms with E-state index in [0.29, 0.717) is 27.7 Å². The highest BCUT2D eigenvalue weighted by Crippen LogP contribution is 2.17. The molecule has 160 valence electrons. The van der Waals surface area contributed by atoms with E-state index in [9.17, 15) is 18.8 Å². The molecule has 0 aliphatic heterocycles. The summed E-state index contributed by atoms with van der Waals surface area (Å²) < 4.78 is 15.1. The highest BCUT2D eigenvalue weighted by atomic mass is 19.1. The molecule has 32 heavy (non-hydrogen) atoms. The zero-order valence-corrected chi connectivity index (χ0v) is 17.6. The molecule has 0 radical (unpaired) electrons. The van der Waals surface area contributed by atoms with Crippen molar-refractivity contribution in [1.29, 1.82) is 0 Å². The van der Waals surface area contributed by atoms with Gasteiger partial charge >= 0.3 is 0 Å². The zero-order valence-electron chi connectivity index (χ0n) is 17.6. The number of nitrogens with zero attached hydrogens (tertiary/aromatic N) is 2. The van der Waals surface area contributed by atoms with Crippen LogP contribution in [0.25, 0.3) is 10.9 Å². The number of hydrogen-bond donors (Lipinski definition) is 1. The van der Waals surface area contributed by atoms with Crippen molar-refractivity contribution in [3.8, 4) is 0 Å². The lowest BCUT2D eigenvalue weighted by Crippen LogP contribution is -2.24. The number of pyridine rings is 2. The van der Waals surface area contributed by atoms with Gasteiger partial charge in [-0.3, -0.25) is 19.4 Å². The molecule has 0 unspecified atom stereocenters. The molecule has 0 fully saturated rings. The molecular formula is C25H20FN3O3. The lowest BCUT2D eigenvalue weighted by atomic mass is 10.0. The fraction of sp³-hybridized carbons (Fsp3) is 0.120. The van der Waals surface area contributed by atoms with Gasteiger partial charge in [0.1, 0.15) is 12.4 Å². The molecule has 7 heteroatoms. The average Bonchev–Trinajstić information content (AvgIpc) is 2.78. The Labute approximate surface area is 183 Å². The highest BCUT2D eigenvalue weighted by molar-refractivity contribution is 6.10. The Morgan fingerprint density at radius 3 is 2.50 bits per heavy atom. The largest absolute Gasteiger partial charge is 0.337 e. The molecule has 2 heterocycles. The van der Waals surface area contributed by atoms with Crippen molar-refractivity contribution in [2.24, 2.45) is 0 Å². The van der Waals surface area contributed by atoms with Gasteiger partial charge < -0.3 is 9.88 Å². The number of nitrogens with one attached hydrogen (secondary N) is 1. The zero-order chi connectivity index (χ0) is 22.8. The molecule has 0 aliphatic rings. The summed E-state index contributed by atoms with van der Waals surface area (Å²) in [7, 11) is 0. The van der Waals surface area contributed by atoms with E-state index in [1.165, 1.54) is 42.9 Å². The van der Waals surface area contributed by atoms with E-state index in [0.717, 1.165) is 5.56 Å². The molecule has 0 atom stereocenters. The number of aryl methyl sites for hydroxylation is 2. The van der Waals surface area contributed by atoms with Gasteiger partial charge in [-0.25, -0.2) is 4.39 Å². The van der Waals surface area contributed by atoms with Crippen LogP contribution in [-0.4, -0.2) is 21.2 Å². The maximum atomic E-state index is 13.5. The summed E-state index contributed by atoms with van der Waals surface area (Å²) in [5, 5.41) is 3.09. The van der Waals surface area contributed by atoms with Crippen molar-refractivity contribution in [1.82, 2.24) is 9.55 Å². The molecule has 0 aliphatic carbocycles. The van der Waals surface area contributed by atoms with E-state index >= 15 is 0 Å². The van der Waals surface area contributed by atoms with E-state index in [4.69, 9.17) is 0 Å². The van der Waals surface area contributed by atoms with Crippen molar-refractivity contribution < 1.29 is 14.0 Å². The van der Waals surface area contributed by atoms with Crippen molar-refractivity contribution in [2.45, 2.75) is 20.4 Å². The van der Waals surface area contributed by atoms with Crippen LogP contribution in [0.15, 0.2) is 71.9 Å². The summed E-state index contributed by atoms with van der Waals surface area (Å²) in [4.78, 5) is 42.8. The van der Waals surface area contributed by atoms with Gasteiger partial charge in [0.25, 0.3) is 0 Å². The van der Waals surface area contributed by atoms with Gasteiger partial charge in [-0.2, -0.15) is 0 Å². The summed E-state index contributed by atoms with van der Waals surface area (Å²) in [6, 6.07) is 12.7. The Morgan fingerprint density at radius 2 is 1.78 bits per heavy atom. The van der Waals surface area contributed by atoms with Crippen molar-refractivity contribution in [2.75, 3.05) is 5.32 Å². The van der Waals surface area contributed by atoms with Crippen LogP contribution in [0.5, 0.6) is 0 Å². The quantitative estimate of drug-likeness (QED) is 0.486. The molecule has 4 aromatic rings. The van der Waals surface area contributed by atoms with Gasteiger partial charge in [-0.15, -0.1) is 0 Å². The lowest BCUT2D eigenvalue weighted by molar-refractivity contribution is -0.116. The normalized spacial score (nSPS) is 10.8. The first kappa shape index (κ1) is 21.1. The maximum Gasteiger partial charge on any atom is 0.244 e. The van der Waals surface area contributed by atoms with Gasteiger partial charge in [0.05, 0.1) is 11.1 Å². The van der Waals surface area contributed by atoms with Crippen molar-refractivity contribution in [3.63, 3.8) is 0 Å². The summed E-state index contributed by atoms with van der Waals surface area (Å²) in [5.74, 6) is -1.17. The molecule has 0 spiro atoms. The predicted octanol–water partition coefficient (Wildman–Crippen LogP) is 4.02. The number of aromatic nitrogens is 2. The minimum Gasteiger partial charge on any atom is -0.337 e. The Bertz CT molecular complexity index is 1410. The first-order chi connectivity index (χ1) is 15.3. The van der Waals surface area contributed by atoms with E-state index in [2.05, 4.69) is 10.3 Å². The summed E-state index contributed by atoms with van der Waals surface area (Å²) in [6.45, 7) is 3.33. The number of ketones is 1. The third-order valence-electron chi connectivity index (χ3n) is 5.18.